The maximum atomic E-state index is 15.3. The fourth-order valence-electron chi connectivity index (χ4n) is 6.96. The highest BCUT2D eigenvalue weighted by molar-refractivity contribution is 5.99. The second kappa shape index (κ2) is 12.7. The fourth-order valence-corrected chi connectivity index (χ4v) is 6.96. The zero-order chi connectivity index (χ0) is 39.0. The van der Waals surface area contributed by atoms with E-state index in [1.807, 2.05) is 0 Å². The third-order valence-electron chi connectivity index (χ3n) is 9.57. The van der Waals surface area contributed by atoms with Gasteiger partial charge < -0.3 is 44.8 Å². The number of non-ortho nitro benzene ring substituents is 1. The molecule has 0 atom stereocenters. The summed E-state index contributed by atoms with van der Waals surface area (Å²) in [5, 5.41) is 33.0. The Labute approximate surface area is 305 Å². The Morgan fingerprint density at radius 3 is 1.93 bits per heavy atom. The Bertz CT molecular complexity index is 2850. The van der Waals surface area contributed by atoms with Crippen molar-refractivity contribution in [2.45, 2.75) is 6.92 Å². The van der Waals surface area contributed by atoms with E-state index < -0.39 is 50.5 Å². The Balaban J connectivity index is 0.000000160. The summed E-state index contributed by atoms with van der Waals surface area (Å²) in [5.41, 5.74) is 5.13. The van der Waals surface area contributed by atoms with Gasteiger partial charge in [-0.3, -0.25) is 19.7 Å². The molecule has 0 saturated carbocycles. The molecule has 0 bridgehead atoms. The smallest absolute Gasteiger partial charge is 0.341 e. The van der Waals surface area contributed by atoms with E-state index in [9.17, 15) is 43.9 Å². The van der Waals surface area contributed by atoms with Gasteiger partial charge in [-0.15, -0.1) is 0 Å². The van der Waals surface area contributed by atoms with Crippen LogP contribution in [0.2, 0.25) is 0 Å². The summed E-state index contributed by atoms with van der Waals surface area (Å²) in [6.07, 6.45) is 2.37. The number of hydrogen-bond acceptors (Lipinski definition) is 11. The van der Waals surface area contributed by atoms with Crippen molar-refractivity contribution in [1.29, 1.82) is 0 Å². The number of nitro benzene ring substituents is 1. The number of benzene rings is 4. The molecule has 0 spiro atoms. The number of nitrogen functional groups attached to an aromatic ring is 1. The van der Waals surface area contributed by atoms with Gasteiger partial charge in [0.2, 0.25) is 10.9 Å². The average Bonchev–Trinajstić information content (AvgIpc) is 3.15. The molecule has 1 saturated heterocycles. The number of nitrogens with one attached hydrogen (secondary N) is 1. The molecule has 2 aromatic heterocycles. The number of anilines is 2. The molecule has 4 aromatic carbocycles. The SMILES string of the molecule is Cc1c(F)cc2c(=O)c(C(=O)O)cn3c2c1Oc1cc(N)ccc1-3.O=C(O)c1cn2c3c(c(N4CCNCC4)c(F)cc3c1=O)Oc1cc([N+](=O)[O-])ccc1-2. The lowest BCUT2D eigenvalue weighted by atomic mass is 10.0. The van der Waals surface area contributed by atoms with Gasteiger partial charge in [0.1, 0.15) is 33.7 Å². The molecule has 0 aliphatic carbocycles. The lowest BCUT2D eigenvalue weighted by Crippen LogP contribution is -2.44. The summed E-state index contributed by atoms with van der Waals surface area (Å²) in [7, 11) is 0. The predicted octanol–water partition coefficient (Wildman–Crippen LogP) is 5.08. The molecule has 18 heteroatoms. The quantitative estimate of drug-likeness (QED) is 0.105. The number of ether oxygens (including phenoxy) is 2. The van der Waals surface area contributed by atoms with Gasteiger partial charge in [0.15, 0.2) is 28.8 Å². The van der Waals surface area contributed by atoms with Crippen LogP contribution >= 0.6 is 0 Å². The molecule has 0 radical (unpaired) electrons. The number of aromatic nitrogens is 2. The Morgan fingerprint density at radius 2 is 1.35 bits per heavy atom. The van der Waals surface area contributed by atoms with E-state index >= 15 is 4.39 Å². The van der Waals surface area contributed by atoms with Gasteiger partial charge in [-0.2, -0.15) is 0 Å². The molecule has 16 nitrogen and oxygen atoms in total. The van der Waals surface area contributed by atoms with Crippen LogP contribution in [0.1, 0.15) is 26.3 Å². The average molecular weight is 753 g/mol. The molecule has 278 valence electrons. The number of carbonyl (C=O) groups is 2. The van der Waals surface area contributed by atoms with E-state index in [2.05, 4.69) is 5.32 Å². The number of piperazine rings is 1. The first-order valence-corrected chi connectivity index (χ1v) is 16.5. The van der Waals surface area contributed by atoms with E-state index in [1.165, 1.54) is 40.5 Å². The van der Waals surface area contributed by atoms with Gasteiger partial charge in [-0.05, 0) is 37.3 Å². The number of carboxylic acid groups (broad SMARTS) is 2. The van der Waals surface area contributed by atoms with E-state index in [0.717, 1.165) is 18.3 Å². The van der Waals surface area contributed by atoms with E-state index in [0.29, 0.717) is 54.5 Å². The van der Waals surface area contributed by atoms with Gasteiger partial charge in [-0.25, -0.2) is 18.4 Å². The van der Waals surface area contributed by atoms with Gasteiger partial charge in [-0.1, -0.05) is 0 Å². The lowest BCUT2D eigenvalue weighted by Gasteiger charge is -2.33. The standard InChI is InChI=1S/C20H15FN4O6.C17H11FN2O4/c21-13-8-11-16-19(17(13)23-5-3-22-4-6-23)31-15-7-10(25(29)30)1-2-14(15)24(16)9-12(18(11)26)20(27)28;1-7-11(18)5-9-14-16(7)24-13-4-8(19)2-3-12(13)20(14)6-10(15(9)21)17(22)23/h1-2,7-9,22H,3-6H2,(H,27,28);2-6H,19H2,1H3,(H,22,23). The number of pyridine rings is 2. The molecule has 9 rings (SSSR count). The van der Waals surface area contributed by atoms with Gasteiger partial charge >= 0.3 is 11.9 Å². The fraction of sp³-hybridized carbons (Fsp3) is 0.135. The summed E-state index contributed by atoms with van der Waals surface area (Å²) in [6, 6.07) is 10.8. The number of halogens is 2. The van der Waals surface area contributed by atoms with Crippen LogP contribution in [0.5, 0.6) is 23.0 Å². The van der Waals surface area contributed by atoms with Crippen molar-refractivity contribution in [3.05, 3.63) is 120 Å². The van der Waals surface area contributed by atoms with Crippen LogP contribution < -0.4 is 36.3 Å². The third-order valence-corrected chi connectivity index (χ3v) is 9.57. The van der Waals surface area contributed by atoms with E-state index in [-0.39, 0.29) is 50.5 Å². The molecule has 6 aromatic rings. The zero-order valence-electron chi connectivity index (χ0n) is 28.4. The predicted molar refractivity (Wildman–Crippen MR) is 194 cm³/mol. The second-order valence-electron chi connectivity index (χ2n) is 12.8. The van der Waals surface area contributed by atoms with Crippen molar-refractivity contribution in [3.8, 4) is 34.4 Å². The molecular formula is C37H26F2N6O10. The van der Waals surface area contributed by atoms with Crippen LogP contribution in [-0.4, -0.2) is 62.4 Å². The molecule has 55 heavy (non-hydrogen) atoms. The van der Waals surface area contributed by atoms with Crippen LogP contribution in [0.4, 0.5) is 25.8 Å². The number of nitrogens with two attached hydrogens (primary N) is 1. The lowest BCUT2D eigenvalue weighted by molar-refractivity contribution is -0.384. The first-order valence-electron chi connectivity index (χ1n) is 16.5. The van der Waals surface area contributed by atoms with Crippen LogP contribution in [0.3, 0.4) is 0 Å². The van der Waals surface area contributed by atoms with Gasteiger partial charge in [0, 0.05) is 62.0 Å². The summed E-state index contributed by atoms with van der Waals surface area (Å²) in [5.74, 6) is -3.59. The molecule has 5 heterocycles. The molecule has 0 unspecified atom stereocenters. The maximum Gasteiger partial charge on any atom is 0.341 e. The van der Waals surface area contributed by atoms with Crippen molar-refractivity contribution >= 4 is 50.8 Å². The number of nitro groups is 1. The van der Waals surface area contributed by atoms with E-state index in [4.69, 9.17) is 15.2 Å². The molecule has 3 aliphatic rings. The molecular weight excluding hydrogens is 726 g/mol. The summed E-state index contributed by atoms with van der Waals surface area (Å²) in [4.78, 5) is 60.6. The summed E-state index contributed by atoms with van der Waals surface area (Å²) in [6.45, 7) is 3.73. The molecule has 0 amide bonds. The van der Waals surface area contributed by atoms with E-state index in [1.54, 1.807) is 23.1 Å². The number of nitrogens with zero attached hydrogens (tertiary/aromatic N) is 4. The number of carboxylic acids is 2. The highest BCUT2D eigenvalue weighted by Crippen LogP contribution is 2.47. The number of fused-ring (bicyclic) bond motifs is 4. The number of aromatic carboxylic acids is 2. The first kappa shape index (κ1) is 34.7. The third kappa shape index (κ3) is 5.45. The molecule has 1 fully saturated rings. The van der Waals surface area contributed by atoms with Crippen molar-refractivity contribution in [2.24, 2.45) is 0 Å². The second-order valence-corrected chi connectivity index (χ2v) is 12.8. The van der Waals surface area contributed by atoms with Crippen molar-refractivity contribution in [2.75, 3.05) is 36.8 Å². The Kier molecular flexibility index (Phi) is 7.99. The van der Waals surface area contributed by atoms with Crippen LogP contribution in [0.25, 0.3) is 33.2 Å². The topological polar surface area (TPSA) is 221 Å². The Morgan fingerprint density at radius 1 is 0.818 bits per heavy atom. The highest BCUT2D eigenvalue weighted by Gasteiger charge is 2.32. The van der Waals surface area contributed by atoms with Crippen molar-refractivity contribution < 1.29 is 43.0 Å². The molecule has 5 N–H and O–H groups in total. The summed E-state index contributed by atoms with van der Waals surface area (Å²) < 4.78 is 44.1. The minimum atomic E-state index is -1.46. The number of rotatable bonds is 4. The van der Waals surface area contributed by atoms with Crippen LogP contribution in [-0.2, 0) is 0 Å². The minimum Gasteiger partial charge on any atom is -0.477 e. The van der Waals surface area contributed by atoms with Gasteiger partial charge in [0.25, 0.3) is 5.69 Å². The number of hydrogen-bond donors (Lipinski definition) is 4. The zero-order valence-corrected chi connectivity index (χ0v) is 28.4. The maximum absolute atomic E-state index is 15.3. The monoisotopic (exact) mass is 752 g/mol. The van der Waals surface area contributed by atoms with Crippen molar-refractivity contribution in [1.82, 2.24) is 14.5 Å². The highest BCUT2D eigenvalue weighted by atomic mass is 19.1. The minimum absolute atomic E-state index is 0.0268. The summed E-state index contributed by atoms with van der Waals surface area (Å²) >= 11 is 0. The van der Waals surface area contributed by atoms with Gasteiger partial charge in [0.05, 0.1) is 33.1 Å². The van der Waals surface area contributed by atoms with Crippen LogP contribution in [0.15, 0.2) is 70.5 Å². The van der Waals surface area contributed by atoms with Crippen molar-refractivity contribution in [3.63, 3.8) is 0 Å². The molecule has 3 aliphatic heterocycles. The Hall–Kier alpha value is -7.34. The normalized spacial score (nSPS) is 13.5. The first-order chi connectivity index (χ1) is 26.2. The largest absolute Gasteiger partial charge is 0.477 e. The van der Waals surface area contributed by atoms with Crippen LogP contribution in [0, 0.1) is 28.7 Å².